The van der Waals surface area contributed by atoms with E-state index in [4.69, 9.17) is 10.5 Å². The van der Waals surface area contributed by atoms with Gasteiger partial charge in [-0.1, -0.05) is 0 Å². The van der Waals surface area contributed by atoms with Gasteiger partial charge in [0, 0.05) is 6.20 Å². The lowest BCUT2D eigenvalue weighted by atomic mass is 10.1. The largest absolute Gasteiger partial charge is 0.384 e. The molecule has 2 rings (SSSR count). The molecule has 8 heteroatoms. The van der Waals surface area contributed by atoms with Gasteiger partial charge in [0.2, 0.25) is 6.23 Å². The summed E-state index contributed by atoms with van der Waals surface area (Å²) in [5.41, 5.74) is 4.30. The molecule has 1 fully saturated rings. The van der Waals surface area contributed by atoms with E-state index in [0.717, 1.165) is 6.20 Å². The fourth-order valence-electron chi connectivity index (χ4n) is 1.68. The number of alkyl halides is 2. The first-order chi connectivity index (χ1) is 7.84. The Bertz CT molecular complexity index is 491. The molecule has 0 spiro atoms. The van der Waals surface area contributed by atoms with E-state index in [1.807, 2.05) is 0 Å². The number of aromatic nitrogens is 2. The molecule has 6 nitrogen and oxygen atoms in total. The second kappa shape index (κ2) is 3.74. The molecular formula is C9H11F2N3O3. The maximum atomic E-state index is 13.6. The van der Waals surface area contributed by atoms with E-state index >= 15 is 0 Å². The van der Waals surface area contributed by atoms with Crippen molar-refractivity contribution in [1.82, 2.24) is 9.55 Å². The molecule has 1 aromatic heterocycles. The van der Waals surface area contributed by atoms with Crippen molar-refractivity contribution in [2.45, 2.75) is 31.3 Å². The zero-order valence-electron chi connectivity index (χ0n) is 8.88. The number of hydrogen-bond acceptors (Lipinski definition) is 5. The molecule has 3 N–H and O–H groups in total. The number of hydrogen-bond donors (Lipinski definition) is 2. The van der Waals surface area contributed by atoms with Crippen LogP contribution in [-0.2, 0) is 4.74 Å². The number of aliphatic hydroxyl groups is 1. The molecule has 1 aliphatic rings. The van der Waals surface area contributed by atoms with Crippen LogP contribution in [0.4, 0.5) is 14.6 Å². The second-order valence-electron chi connectivity index (χ2n) is 3.86. The SMILES string of the molecule is C[C@H]1O[C@@H](n2ccc(N)nc2=O)C(F)(F)C1O. The fraction of sp³-hybridized carbons (Fsp3) is 0.556. The molecule has 94 valence electrons. The number of nitrogens with zero attached hydrogens (tertiary/aromatic N) is 2. The molecule has 1 aliphatic heterocycles. The van der Waals surface area contributed by atoms with E-state index in [9.17, 15) is 18.7 Å². The van der Waals surface area contributed by atoms with Crippen molar-refractivity contribution in [1.29, 1.82) is 0 Å². The van der Waals surface area contributed by atoms with Gasteiger partial charge in [-0.25, -0.2) is 4.79 Å². The van der Waals surface area contributed by atoms with Gasteiger partial charge in [0.15, 0.2) is 0 Å². The summed E-state index contributed by atoms with van der Waals surface area (Å²) < 4.78 is 32.7. The van der Waals surface area contributed by atoms with Crippen molar-refractivity contribution in [2.24, 2.45) is 0 Å². The monoisotopic (exact) mass is 247 g/mol. The van der Waals surface area contributed by atoms with E-state index < -0.39 is 30.0 Å². The molecule has 0 aliphatic carbocycles. The highest BCUT2D eigenvalue weighted by Crippen LogP contribution is 2.41. The summed E-state index contributed by atoms with van der Waals surface area (Å²) in [6.07, 6.45) is -3.84. The molecule has 1 unspecified atom stereocenters. The normalized spacial score (nSPS) is 31.6. The lowest BCUT2D eigenvalue weighted by Gasteiger charge is -2.20. The summed E-state index contributed by atoms with van der Waals surface area (Å²) in [5.74, 6) is -3.62. The van der Waals surface area contributed by atoms with Gasteiger partial charge in [0.25, 0.3) is 0 Å². The molecule has 1 saturated heterocycles. The van der Waals surface area contributed by atoms with E-state index in [1.54, 1.807) is 0 Å². The first-order valence-corrected chi connectivity index (χ1v) is 4.90. The van der Waals surface area contributed by atoms with Crippen LogP contribution in [0.3, 0.4) is 0 Å². The van der Waals surface area contributed by atoms with E-state index in [2.05, 4.69) is 4.98 Å². The summed E-state index contributed by atoms with van der Waals surface area (Å²) >= 11 is 0. The third-order valence-corrected chi connectivity index (χ3v) is 2.62. The van der Waals surface area contributed by atoms with Gasteiger partial charge >= 0.3 is 11.6 Å². The van der Waals surface area contributed by atoms with Gasteiger partial charge in [-0.3, -0.25) is 4.57 Å². The van der Waals surface area contributed by atoms with Crippen LogP contribution in [0, 0.1) is 0 Å². The number of nitrogen functional groups attached to an aromatic ring is 1. The van der Waals surface area contributed by atoms with Crippen molar-refractivity contribution in [3.05, 3.63) is 22.7 Å². The minimum atomic E-state index is -3.55. The lowest BCUT2D eigenvalue weighted by molar-refractivity contribution is -0.140. The molecule has 17 heavy (non-hydrogen) atoms. The van der Waals surface area contributed by atoms with Crippen LogP contribution in [0.5, 0.6) is 0 Å². The quantitative estimate of drug-likeness (QED) is 0.713. The lowest BCUT2D eigenvalue weighted by Crippen LogP contribution is -2.41. The molecule has 0 bridgehead atoms. The Balaban J connectivity index is 2.45. The first-order valence-electron chi connectivity index (χ1n) is 4.90. The molecule has 3 atom stereocenters. The molecular weight excluding hydrogens is 236 g/mol. The van der Waals surface area contributed by atoms with Gasteiger partial charge in [0.1, 0.15) is 11.9 Å². The molecule has 0 amide bonds. The van der Waals surface area contributed by atoms with Crippen LogP contribution < -0.4 is 11.4 Å². The number of rotatable bonds is 1. The zero-order chi connectivity index (χ0) is 12.8. The Kier molecular flexibility index (Phi) is 2.63. The zero-order valence-corrected chi connectivity index (χ0v) is 8.88. The van der Waals surface area contributed by atoms with Crippen molar-refractivity contribution in [2.75, 3.05) is 5.73 Å². The third-order valence-electron chi connectivity index (χ3n) is 2.62. The van der Waals surface area contributed by atoms with E-state index in [-0.39, 0.29) is 5.82 Å². The van der Waals surface area contributed by atoms with Crippen LogP contribution in [0.25, 0.3) is 0 Å². The average molecular weight is 247 g/mol. The van der Waals surface area contributed by atoms with Crippen molar-refractivity contribution in [3.8, 4) is 0 Å². The predicted octanol–water partition coefficient (Wildman–Crippen LogP) is -0.261. The number of aliphatic hydroxyl groups excluding tert-OH is 1. The Morgan fingerprint density at radius 1 is 1.65 bits per heavy atom. The standard InChI is InChI=1S/C9H11F2N3O3/c1-4-6(15)9(10,11)7(17-4)14-3-2-5(12)13-8(14)16/h2-4,6-7,15H,1H3,(H2,12,13,16)/t4-,6?,7-/m1/s1. The molecule has 1 aromatic rings. The van der Waals surface area contributed by atoms with Crippen molar-refractivity contribution < 1.29 is 18.6 Å². The Hall–Kier alpha value is -1.54. The Morgan fingerprint density at radius 3 is 2.76 bits per heavy atom. The highest BCUT2D eigenvalue weighted by Gasteiger charge is 2.58. The summed E-state index contributed by atoms with van der Waals surface area (Å²) in [5, 5.41) is 9.27. The van der Waals surface area contributed by atoms with Crippen molar-refractivity contribution >= 4 is 5.82 Å². The summed E-state index contributed by atoms with van der Waals surface area (Å²) in [6, 6.07) is 1.20. The van der Waals surface area contributed by atoms with Crippen LogP contribution in [0.15, 0.2) is 17.1 Å². The molecule has 2 heterocycles. The van der Waals surface area contributed by atoms with Crippen LogP contribution in [-0.4, -0.2) is 32.8 Å². The van der Waals surface area contributed by atoms with Gasteiger partial charge in [0.05, 0.1) is 6.10 Å². The number of ether oxygens (including phenoxy) is 1. The first kappa shape index (κ1) is 11.9. The smallest absolute Gasteiger partial charge is 0.351 e. The minimum Gasteiger partial charge on any atom is -0.384 e. The molecule has 0 radical (unpaired) electrons. The van der Waals surface area contributed by atoms with Crippen LogP contribution in [0.1, 0.15) is 13.2 Å². The second-order valence-corrected chi connectivity index (χ2v) is 3.86. The topological polar surface area (TPSA) is 90.4 Å². The third kappa shape index (κ3) is 1.79. The number of nitrogens with two attached hydrogens (primary N) is 1. The number of anilines is 1. The maximum absolute atomic E-state index is 13.6. The molecule has 0 aromatic carbocycles. The van der Waals surface area contributed by atoms with E-state index in [1.165, 1.54) is 13.0 Å². The number of halogens is 2. The average Bonchev–Trinajstić information content (AvgIpc) is 2.43. The fourth-order valence-corrected chi connectivity index (χ4v) is 1.68. The Labute approximate surface area is 94.6 Å². The minimum absolute atomic E-state index is 0.0684. The summed E-state index contributed by atoms with van der Waals surface area (Å²) in [7, 11) is 0. The summed E-state index contributed by atoms with van der Waals surface area (Å²) in [4.78, 5) is 14.7. The summed E-state index contributed by atoms with van der Waals surface area (Å²) in [6.45, 7) is 1.30. The molecule has 0 saturated carbocycles. The highest BCUT2D eigenvalue weighted by molar-refractivity contribution is 5.23. The Morgan fingerprint density at radius 2 is 2.29 bits per heavy atom. The predicted molar refractivity (Wildman–Crippen MR) is 53.4 cm³/mol. The van der Waals surface area contributed by atoms with Gasteiger partial charge in [-0.2, -0.15) is 13.8 Å². The highest BCUT2D eigenvalue weighted by atomic mass is 19.3. The van der Waals surface area contributed by atoms with Crippen molar-refractivity contribution in [3.63, 3.8) is 0 Å². The maximum Gasteiger partial charge on any atom is 0.351 e. The van der Waals surface area contributed by atoms with Gasteiger partial charge in [-0.05, 0) is 13.0 Å². The van der Waals surface area contributed by atoms with E-state index in [0.29, 0.717) is 4.57 Å². The van der Waals surface area contributed by atoms with Gasteiger partial charge < -0.3 is 15.6 Å². The van der Waals surface area contributed by atoms with Gasteiger partial charge in [-0.15, -0.1) is 0 Å². The van der Waals surface area contributed by atoms with Crippen LogP contribution in [0.2, 0.25) is 0 Å². The van der Waals surface area contributed by atoms with Crippen LogP contribution >= 0.6 is 0 Å².